The third-order valence-corrected chi connectivity index (χ3v) is 5.23. The quantitative estimate of drug-likeness (QED) is 0.776. The second-order valence-electron chi connectivity index (χ2n) is 5.72. The molecule has 25 heavy (non-hydrogen) atoms. The molecule has 1 fully saturated rings. The highest BCUT2D eigenvalue weighted by atomic mass is 35.5. The van der Waals surface area contributed by atoms with Crippen LogP contribution in [0, 0.1) is 0 Å². The molecule has 1 aromatic carbocycles. The maximum atomic E-state index is 12.0. The van der Waals surface area contributed by atoms with Crippen LogP contribution in [0.2, 0.25) is 4.34 Å². The molecule has 7 heteroatoms. The predicted octanol–water partition coefficient (Wildman–Crippen LogP) is 3.84. The maximum Gasteiger partial charge on any atom is 0.224 e. The normalized spacial score (nSPS) is 14.4. The van der Waals surface area contributed by atoms with Crippen LogP contribution < -0.4 is 10.2 Å². The van der Waals surface area contributed by atoms with Gasteiger partial charge in [-0.25, -0.2) is 0 Å². The Morgan fingerprint density at radius 2 is 1.80 bits per heavy atom. The molecule has 3 rings (SSSR count). The fraction of sp³-hybridized carbons (Fsp3) is 0.333. The number of nitrogens with zero attached hydrogens (tertiary/aromatic N) is 1. The summed E-state index contributed by atoms with van der Waals surface area (Å²) in [6.07, 6.45) is 0.327. The van der Waals surface area contributed by atoms with Crippen molar-refractivity contribution in [3.63, 3.8) is 0 Å². The summed E-state index contributed by atoms with van der Waals surface area (Å²) in [7, 11) is 0. The minimum absolute atomic E-state index is 0.0604. The first-order chi connectivity index (χ1) is 12.1. The van der Waals surface area contributed by atoms with E-state index in [4.69, 9.17) is 16.3 Å². The SMILES string of the molecule is O=C(CCC(=O)c1ccc(Cl)s1)Nc1ccc(N2CCOCC2)cc1. The van der Waals surface area contributed by atoms with Gasteiger partial charge in [0, 0.05) is 37.3 Å². The van der Waals surface area contributed by atoms with Gasteiger partial charge in [0.2, 0.25) is 5.91 Å². The smallest absolute Gasteiger partial charge is 0.224 e. The highest BCUT2D eigenvalue weighted by Crippen LogP contribution is 2.23. The summed E-state index contributed by atoms with van der Waals surface area (Å²) in [6, 6.07) is 11.1. The molecular formula is C18H19ClN2O3S. The van der Waals surface area contributed by atoms with E-state index in [1.54, 1.807) is 12.1 Å². The number of hydrogen-bond donors (Lipinski definition) is 1. The second kappa shape index (κ2) is 8.47. The monoisotopic (exact) mass is 378 g/mol. The molecule has 0 spiro atoms. The van der Waals surface area contributed by atoms with E-state index in [2.05, 4.69) is 10.2 Å². The van der Waals surface area contributed by atoms with Crippen LogP contribution in [-0.2, 0) is 9.53 Å². The number of ether oxygens (including phenoxy) is 1. The number of carbonyl (C=O) groups is 2. The lowest BCUT2D eigenvalue weighted by molar-refractivity contribution is -0.116. The Hall–Kier alpha value is -1.89. The minimum Gasteiger partial charge on any atom is -0.378 e. The van der Waals surface area contributed by atoms with Crippen LogP contribution in [0.3, 0.4) is 0 Å². The molecule has 0 bridgehead atoms. The molecule has 0 atom stereocenters. The van der Waals surface area contributed by atoms with E-state index in [1.807, 2.05) is 24.3 Å². The first-order valence-corrected chi connectivity index (χ1v) is 9.32. The topological polar surface area (TPSA) is 58.6 Å². The summed E-state index contributed by atoms with van der Waals surface area (Å²) in [5.74, 6) is -0.232. The molecule has 5 nitrogen and oxygen atoms in total. The lowest BCUT2D eigenvalue weighted by Gasteiger charge is -2.28. The first-order valence-electron chi connectivity index (χ1n) is 8.13. The van der Waals surface area contributed by atoms with Crippen molar-refractivity contribution in [1.29, 1.82) is 0 Å². The molecule has 0 aliphatic carbocycles. The van der Waals surface area contributed by atoms with Crippen molar-refractivity contribution < 1.29 is 14.3 Å². The Morgan fingerprint density at radius 3 is 2.44 bits per heavy atom. The van der Waals surface area contributed by atoms with Gasteiger partial charge < -0.3 is 15.0 Å². The van der Waals surface area contributed by atoms with Gasteiger partial charge in [-0.15, -0.1) is 11.3 Å². The van der Waals surface area contributed by atoms with E-state index in [0.717, 1.165) is 37.7 Å². The zero-order valence-corrected chi connectivity index (χ0v) is 15.2. The van der Waals surface area contributed by atoms with Gasteiger partial charge in [0.15, 0.2) is 5.78 Å². The highest BCUT2D eigenvalue weighted by Gasteiger charge is 2.13. The number of Topliss-reactive ketones (excluding diaryl/α,β-unsaturated/α-hetero) is 1. The average molecular weight is 379 g/mol. The number of nitrogens with one attached hydrogen (secondary N) is 1. The van der Waals surface area contributed by atoms with E-state index in [-0.39, 0.29) is 24.5 Å². The van der Waals surface area contributed by atoms with E-state index in [9.17, 15) is 9.59 Å². The summed E-state index contributed by atoms with van der Waals surface area (Å²) in [6.45, 7) is 3.23. The van der Waals surface area contributed by atoms with E-state index >= 15 is 0 Å². The molecule has 2 aromatic rings. The van der Waals surface area contributed by atoms with Gasteiger partial charge in [-0.05, 0) is 36.4 Å². The van der Waals surface area contributed by atoms with Gasteiger partial charge in [-0.3, -0.25) is 9.59 Å². The maximum absolute atomic E-state index is 12.0. The lowest BCUT2D eigenvalue weighted by atomic mass is 10.2. The van der Waals surface area contributed by atoms with Crippen molar-refractivity contribution in [2.75, 3.05) is 36.5 Å². The van der Waals surface area contributed by atoms with Crippen LogP contribution in [0.1, 0.15) is 22.5 Å². The minimum atomic E-state index is -0.171. The number of thiophene rings is 1. The predicted molar refractivity (Wildman–Crippen MR) is 101 cm³/mol. The van der Waals surface area contributed by atoms with E-state index in [0.29, 0.717) is 9.21 Å². The number of rotatable bonds is 6. The molecule has 1 saturated heterocycles. The van der Waals surface area contributed by atoms with Crippen LogP contribution in [-0.4, -0.2) is 38.0 Å². The molecule has 1 N–H and O–H groups in total. The Bertz CT molecular complexity index is 739. The van der Waals surface area contributed by atoms with Crippen LogP contribution >= 0.6 is 22.9 Å². The zero-order chi connectivity index (χ0) is 17.6. The lowest BCUT2D eigenvalue weighted by Crippen LogP contribution is -2.36. The van der Waals surface area contributed by atoms with Gasteiger partial charge in [-0.2, -0.15) is 0 Å². The van der Waals surface area contributed by atoms with Gasteiger partial charge in [0.05, 0.1) is 22.4 Å². The number of ketones is 1. The standard InChI is InChI=1S/C18H19ClN2O3S/c19-17-7-6-16(25-17)15(22)5-8-18(23)20-13-1-3-14(4-2-13)21-9-11-24-12-10-21/h1-4,6-7H,5,8-12H2,(H,20,23). The molecule has 1 aromatic heterocycles. The van der Waals surface area contributed by atoms with Crippen LogP contribution in [0.5, 0.6) is 0 Å². The number of halogens is 1. The number of hydrogen-bond acceptors (Lipinski definition) is 5. The third-order valence-electron chi connectivity index (χ3n) is 3.95. The van der Waals surface area contributed by atoms with Gasteiger partial charge >= 0.3 is 0 Å². The molecule has 132 valence electrons. The molecule has 0 unspecified atom stereocenters. The third kappa shape index (κ3) is 5.04. The van der Waals surface area contributed by atoms with Crippen LogP contribution in [0.4, 0.5) is 11.4 Å². The summed E-state index contributed by atoms with van der Waals surface area (Å²) in [4.78, 5) is 26.9. The van der Waals surface area contributed by atoms with Crippen molar-refractivity contribution in [1.82, 2.24) is 0 Å². The largest absolute Gasteiger partial charge is 0.378 e. The molecular weight excluding hydrogens is 360 g/mol. The van der Waals surface area contributed by atoms with Crippen molar-refractivity contribution in [2.45, 2.75) is 12.8 Å². The Balaban J connectivity index is 1.48. The van der Waals surface area contributed by atoms with Crippen molar-refractivity contribution in [3.8, 4) is 0 Å². The molecule has 1 aliphatic heterocycles. The number of benzene rings is 1. The number of amides is 1. The Morgan fingerprint density at radius 1 is 1.08 bits per heavy atom. The fourth-order valence-electron chi connectivity index (χ4n) is 2.62. The Labute approximate surface area is 155 Å². The molecule has 1 aliphatic rings. The zero-order valence-electron chi connectivity index (χ0n) is 13.7. The summed E-state index contributed by atoms with van der Waals surface area (Å²) >= 11 is 7.06. The number of morpholine rings is 1. The fourth-order valence-corrected chi connectivity index (χ4v) is 3.63. The Kier molecular flexibility index (Phi) is 6.07. The second-order valence-corrected chi connectivity index (χ2v) is 7.44. The highest BCUT2D eigenvalue weighted by molar-refractivity contribution is 7.18. The molecule has 1 amide bonds. The van der Waals surface area contributed by atoms with Crippen molar-refractivity contribution in [3.05, 3.63) is 45.6 Å². The van der Waals surface area contributed by atoms with Gasteiger partial charge in [-0.1, -0.05) is 11.6 Å². The van der Waals surface area contributed by atoms with Crippen molar-refractivity contribution in [2.24, 2.45) is 0 Å². The van der Waals surface area contributed by atoms with Gasteiger partial charge in [0.1, 0.15) is 0 Å². The van der Waals surface area contributed by atoms with Crippen LogP contribution in [0.25, 0.3) is 0 Å². The van der Waals surface area contributed by atoms with Crippen LogP contribution in [0.15, 0.2) is 36.4 Å². The van der Waals surface area contributed by atoms with Crippen molar-refractivity contribution >= 4 is 46.0 Å². The van der Waals surface area contributed by atoms with Gasteiger partial charge in [0.25, 0.3) is 0 Å². The molecule has 2 heterocycles. The number of carbonyl (C=O) groups excluding carboxylic acids is 2. The summed E-state index contributed by atoms with van der Waals surface area (Å²) < 4.78 is 5.92. The summed E-state index contributed by atoms with van der Waals surface area (Å²) in [5, 5.41) is 2.83. The van der Waals surface area contributed by atoms with E-state index < -0.39 is 0 Å². The molecule has 0 radical (unpaired) electrons. The van der Waals surface area contributed by atoms with E-state index in [1.165, 1.54) is 11.3 Å². The molecule has 0 saturated carbocycles. The average Bonchev–Trinajstić information content (AvgIpc) is 3.08. The first kappa shape index (κ1) is 17.9. The number of anilines is 2. The summed E-state index contributed by atoms with van der Waals surface area (Å²) in [5.41, 5.74) is 1.85.